The van der Waals surface area contributed by atoms with Gasteiger partial charge in [-0.2, -0.15) is 0 Å². The van der Waals surface area contributed by atoms with Crippen LogP contribution in [-0.4, -0.2) is 35.4 Å². The van der Waals surface area contributed by atoms with Crippen LogP contribution >= 0.6 is 12.2 Å². The Morgan fingerprint density at radius 3 is 3.05 bits per heavy atom. The van der Waals surface area contributed by atoms with E-state index in [1.807, 2.05) is 4.90 Å². The molecule has 0 spiro atoms. The molecule has 1 aromatic carbocycles. The van der Waals surface area contributed by atoms with Gasteiger partial charge in [0.25, 0.3) is 0 Å². The topological polar surface area (TPSA) is 58.4 Å². The molecular weight excluding hydrogens is 265 g/mol. The van der Waals surface area contributed by atoms with E-state index in [1.54, 1.807) is 12.1 Å². The molecule has 6 heteroatoms. The highest BCUT2D eigenvalue weighted by Gasteiger charge is 2.16. The maximum absolute atomic E-state index is 13.8. The number of carbonyl (C=O) groups excluding carboxylic acids is 1. The number of halogens is 1. The van der Waals surface area contributed by atoms with E-state index in [2.05, 4.69) is 5.32 Å². The van der Waals surface area contributed by atoms with Gasteiger partial charge in [0, 0.05) is 30.8 Å². The molecule has 1 aliphatic heterocycles. The van der Waals surface area contributed by atoms with Crippen molar-refractivity contribution < 1.29 is 9.18 Å². The van der Waals surface area contributed by atoms with E-state index >= 15 is 0 Å². The van der Waals surface area contributed by atoms with Crippen LogP contribution in [0.3, 0.4) is 0 Å². The van der Waals surface area contributed by atoms with Gasteiger partial charge in [-0.3, -0.25) is 9.69 Å². The molecule has 102 valence electrons. The van der Waals surface area contributed by atoms with Crippen molar-refractivity contribution in [2.75, 3.05) is 19.6 Å². The van der Waals surface area contributed by atoms with Crippen molar-refractivity contribution in [3.63, 3.8) is 0 Å². The van der Waals surface area contributed by atoms with Crippen LogP contribution < -0.4 is 11.1 Å². The molecule has 19 heavy (non-hydrogen) atoms. The van der Waals surface area contributed by atoms with Gasteiger partial charge in [-0.1, -0.05) is 12.2 Å². The van der Waals surface area contributed by atoms with Crippen LogP contribution in [0, 0.1) is 5.82 Å². The summed E-state index contributed by atoms with van der Waals surface area (Å²) in [6.45, 7) is 2.10. The van der Waals surface area contributed by atoms with Gasteiger partial charge in [-0.25, -0.2) is 4.39 Å². The van der Waals surface area contributed by atoms with E-state index < -0.39 is 0 Å². The zero-order valence-corrected chi connectivity index (χ0v) is 11.3. The van der Waals surface area contributed by atoms with Crippen molar-refractivity contribution in [2.45, 2.75) is 13.0 Å². The summed E-state index contributed by atoms with van der Waals surface area (Å²) in [5.74, 6) is -0.326. The number of hydrogen-bond acceptors (Lipinski definition) is 3. The number of carbonyl (C=O) groups is 1. The summed E-state index contributed by atoms with van der Waals surface area (Å²) in [5, 5.41) is 2.79. The molecule has 0 saturated carbocycles. The molecule has 1 fully saturated rings. The van der Waals surface area contributed by atoms with Crippen molar-refractivity contribution in [2.24, 2.45) is 5.73 Å². The minimum Gasteiger partial charge on any atom is -0.389 e. The third kappa shape index (κ3) is 3.71. The van der Waals surface area contributed by atoms with Gasteiger partial charge in [0.1, 0.15) is 10.8 Å². The van der Waals surface area contributed by atoms with Crippen LogP contribution in [-0.2, 0) is 11.3 Å². The van der Waals surface area contributed by atoms with Crippen molar-refractivity contribution >= 4 is 23.1 Å². The van der Waals surface area contributed by atoms with E-state index in [1.165, 1.54) is 6.07 Å². The lowest BCUT2D eigenvalue weighted by atomic mass is 10.1. The van der Waals surface area contributed by atoms with E-state index in [-0.39, 0.29) is 23.3 Å². The summed E-state index contributed by atoms with van der Waals surface area (Å²) in [7, 11) is 0. The van der Waals surface area contributed by atoms with Crippen molar-refractivity contribution in [1.29, 1.82) is 0 Å². The lowest BCUT2D eigenvalue weighted by molar-refractivity contribution is -0.121. The summed E-state index contributed by atoms with van der Waals surface area (Å²) < 4.78 is 13.8. The molecule has 3 N–H and O–H groups in total. The van der Waals surface area contributed by atoms with Gasteiger partial charge in [-0.05, 0) is 24.6 Å². The molecule has 1 amide bonds. The van der Waals surface area contributed by atoms with E-state index in [0.717, 1.165) is 13.0 Å². The number of benzene rings is 1. The average Bonchev–Trinajstić information content (AvgIpc) is 2.56. The molecule has 1 aliphatic rings. The predicted octanol–water partition coefficient (Wildman–Crippen LogP) is 0.782. The van der Waals surface area contributed by atoms with Gasteiger partial charge in [-0.15, -0.1) is 0 Å². The molecule has 1 heterocycles. The Bertz CT molecular complexity index is 507. The fourth-order valence-corrected chi connectivity index (χ4v) is 2.22. The van der Waals surface area contributed by atoms with Gasteiger partial charge in [0.15, 0.2) is 0 Å². The maximum atomic E-state index is 13.8. The summed E-state index contributed by atoms with van der Waals surface area (Å²) in [6.07, 6.45) is 0.863. The summed E-state index contributed by atoms with van der Waals surface area (Å²) >= 11 is 4.89. The van der Waals surface area contributed by atoms with Crippen LogP contribution in [0.25, 0.3) is 0 Å². The minimum atomic E-state index is -0.301. The van der Waals surface area contributed by atoms with Crippen LogP contribution in [0.5, 0.6) is 0 Å². The van der Waals surface area contributed by atoms with Crippen molar-refractivity contribution in [3.8, 4) is 0 Å². The highest BCUT2D eigenvalue weighted by atomic mass is 32.1. The smallest absolute Gasteiger partial charge is 0.234 e. The Balaban J connectivity index is 2.15. The second-order valence-corrected chi connectivity index (χ2v) is 5.02. The molecule has 2 rings (SSSR count). The Labute approximate surface area is 116 Å². The van der Waals surface area contributed by atoms with Gasteiger partial charge < -0.3 is 11.1 Å². The fraction of sp³-hybridized carbons (Fsp3) is 0.385. The SMILES string of the molecule is NC(=S)c1ccc(F)c(CN2CCCNC(=O)C2)c1. The second-order valence-electron chi connectivity index (χ2n) is 4.58. The average molecular weight is 281 g/mol. The third-order valence-corrected chi connectivity index (χ3v) is 3.30. The van der Waals surface area contributed by atoms with Crippen molar-refractivity contribution in [3.05, 3.63) is 35.1 Å². The summed E-state index contributed by atoms with van der Waals surface area (Å²) in [4.78, 5) is 13.6. The molecular formula is C13H16FN3OS. The van der Waals surface area contributed by atoms with Crippen LogP contribution in [0.15, 0.2) is 18.2 Å². The van der Waals surface area contributed by atoms with Gasteiger partial charge in [0.2, 0.25) is 5.91 Å². The predicted molar refractivity (Wildman–Crippen MR) is 75.2 cm³/mol. The highest BCUT2D eigenvalue weighted by molar-refractivity contribution is 7.80. The lowest BCUT2D eigenvalue weighted by Gasteiger charge is -2.19. The number of amides is 1. The van der Waals surface area contributed by atoms with Gasteiger partial charge in [0.05, 0.1) is 6.54 Å². The zero-order chi connectivity index (χ0) is 13.8. The molecule has 0 radical (unpaired) electrons. The molecule has 0 atom stereocenters. The molecule has 0 aliphatic carbocycles. The Morgan fingerprint density at radius 2 is 2.32 bits per heavy atom. The minimum absolute atomic E-state index is 0.0246. The Hall–Kier alpha value is -1.53. The molecule has 0 aromatic heterocycles. The fourth-order valence-electron chi connectivity index (χ4n) is 2.09. The number of thiocarbonyl (C=S) groups is 1. The summed E-state index contributed by atoms with van der Waals surface area (Å²) in [5.41, 5.74) is 6.70. The first-order valence-electron chi connectivity index (χ1n) is 6.13. The maximum Gasteiger partial charge on any atom is 0.234 e. The Kier molecular flexibility index (Phi) is 4.44. The number of nitrogens with one attached hydrogen (secondary N) is 1. The van der Waals surface area contributed by atoms with E-state index in [0.29, 0.717) is 24.2 Å². The molecule has 1 saturated heterocycles. The van der Waals surface area contributed by atoms with E-state index in [4.69, 9.17) is 18.0 Å². The molecule has 1 aromatic rings. The number of rotatable bonds is 3. The number of nitrogens with zero attached hydrogens (tertiary/aromatic N) is 1. The van der Waals surface area contributed by atoms with Crippen LogP contribution in [0.4, 0.5) is 4.39 Å². The molecule has 0 unspecified atom stereocenters. The normalized spacial score (nSPS) is 16.8. The largest absolute Gasteiger partial charge is 0.389 e. The first kappa shape index (κ1) is 13.9. The lowest BCUT2D eigenvalue weighted by Crippen LogP contribution is -2.33. The monoisotopic (exact) mass is 281 g/mol. The Morgan fingerprint density at radius 1 is 1.53 bits per heavy atom. The third-order valence-electron chi connectivity index (χ3n) is 3.06. The number of nitrogens with two attached hydrogens (primary N) is 1. The van der Waals surface area contributed by atoms with Gasteiger partial charge >= 0.3 is 0 Å². The van der Waals surface area contributed by atoms with Crippen LogP contribution in [0.2, 0.25) is 0 Å². The second kappa shape index (κ2) is 6.08. The number of hydrogen-bond donors (Lipinski definition) is 2. The summed E-state index contributed by atoms with van der Waals surface area (Å²) in [6, 6.07) is 4.58. The van der Waals surface area contributed by atoms with Crippen LogP contribution in [0.1, 0.15) is 17.5 Å². The standard InChI is InChI=1S/C13H16FN3OS/c14-11-3-2-9(13(15)19)6-10(11)7-17-5-1-4-16-12(18)8-17/h2-3,6H,1,4-5,7-8H2,(H2,15,19)(H,16,18). The zero-order valence-electron chi connectivity index (χ0n) is 10.5. The first-order valence-corrected chi connectivity index (χ1v) is 6.54. The molecule has 4 nitrogen and oxygen atoms in total. The first-order chi connectivity index (χ1) is 9.06. The van der Waals surface area contributed by atoms with Crippen molar-refractivity contribution in [1.82, 2.24) is 10.2 Å². The quantitative estimate of drug-likeness (QED) is 0.804. The molecule has 0 bridgehead atoms. The highest BCUT2D eigenvalue weighted by Crippen LogP contribution is 2.14. The van der Waals surface area contributed by atoms with E-state index in [9.17, 15) is 9.18 Å².